The fourth-order valence-corrected chi connectivity index (χ4v) is 2.31. The topological polar surface area (TPSA) is 50.4 Å². The highest BCUT2D eigenvalue weighted by Crippen LogP contribution is 2.32. The van der Waals surface area contributed by atoms with Crippen LogP contribution in [0.25, 0.3) is 0 Å². The molecule has 0 aliphatic heterocycles. The number of carbonyl (C=O) groups excluding carboxylic acids is 1. The molecule has 2 N–H and O–H groups in total. The molecule has 1 amide bonds. The first-order valence-corrected chi connectivity index (χ1v) is 7.76. The minimum Gasteiger partial charge on any atom is -0.444 e. The van der Waals surface area contributed by atoms with Crippen molar-refractivity contribution in [1.82, 2.24) is 10.6 Å². The van der Waals surface area contributed by atoms with Gasteiger partial charge in [-0.1, -0.05) is 0 Å². The van der Waals surface area contributed by atoms with E-state index in [1.54, 1.807) is 0 Å². The van der Waals surface area contributed by atoms with E-state index < -0.39 is 17.6 Å². The van der Waals surface area contributed by atoms with Crippen molar-refractivity contribution in [1.29, 1.82) is 0 Å². The Balaban J connectivity index is 1.97. The summed E-state index contributed by atoms with van der Waals surface area (Å²) in [7, 11) is 0. The molecule has 4 nitrogen and oxygen atoms in total. The normalized spacial score (nSPS) is 19.3. The van der Waals surface area contributed by atoms with E-state index in [0.29, 0.717) is 19.4 Å². The van der Waals surface area contributed by atoms with Crippen molar-refractivity contribution in [2.45, 2.75) is 76.9 Å². The zero-order chi connectivity index (χ0) is 15.9. The van der Waals surface area contributed by atoms with E-state index in [2.05, 4.69) is 10.6 Å². The molecule has 1 aliphatic rings. The molecule has 0 aromatic rings. The molecule has 0 saturated heterocycles. The Morgan fingerprint density at radius 1 is 1.19 bits per heavy atom. The Kier molecular flexibility index (Phi) is 6.84. The van der Waals surface area contributed by atoms with Crippen LogP contribution < -0.4 is 10.6 Å². The van der Waals surface area contributed by atoms with E-state index in [4.69, 9.17) is 4.74 Å². The molecule has 0 aromatic carbocycles. The summed E-state index contributed by atoms with van der Waals surface area (Å²) in [5.74, 6) is -2.46. The molecule has 21 heavy (non-hydrogen) atoms. The van der Waals surface area contributed by atoms with Crippen molar-refractivity contribution in [3.05, 3.63) is 0 Å². The fraction of sp³-hybridized carbons (Fsp3) is 0.933. The van der Waals surface area contributed by atoms with Crippen LogP contribution in [0.4, 0.5) is 13.6 Å². The van der Waals surface area contributed by atoms with Gasteiger partial charge in [0.15, 0.2) is 0 Å². The minimum absolute atomic E-state index is 0.00906. The molecule has 124 valence electrons. The van der Waals surface area contributed by atoms with Crippen molar-refractivity contribution in [2.24, 2.45) is 0 Å². The molecule has 1 saturated carbocycles. The average Bonchev–Trinajstić information content (AvgIpc) is 2.33. The number of nitrogens with one attached hydrogen (secondary N) is 2. The molecule has 0 bridgehead atoms. The molecule has 1 rings (SSSR count). The third-order valence-electron chi connectivity index (χ3n) is 3.42. The van der Waals surface area contributed by atoms with Crippen LogP contribution in [0.2, 0.25) is 0 Å². The molecule has 0 aromatic heterocycles. The van der Waals surface area contributed by atoms with Crippen molar-refractivity contribution in [3.63, 3.8) is 0 Å². The fourth-order valence-electron chi connectivity index (χ4n) is 2.31. The first-order valence-electron chi connectivity index (χ1n) is 7.76. The predicted molar refractivity (Wildman–Crippen MR) is 78.7 cm³/mol. The van der Waals surface area contributed by atoms with Gasteiger partial charge in [-0.15, -0.1) is 0 Å². The maximum Gasteiger partial charge on any atom is 0.407 e. The lowest BCUT2D eigenvalue weighted by atomic mass is 9.92. The summed E-state index contributed by atoms with van der Waals surface area (Å²) in [6.07, 6.45) is 2.42. The first-order chi connectivity index (χ1) is 9.68. The number of alkyl carbamates (subject to hydrolysis) is 1. The third kappa shape index (κ3) is 8.86. The molecule has 0 heterocycles. The van der Waals surface area contributed by atoms with E-state index in [0.717, 1.165) is 19.4 Å². The van der Waals surface area contributed by atoms with Crippen molar-refractivity contribution in [2.75, 3.05) is 13.1 Å². The van der Waals surface area contributed by atoms with Crippen molar-refractivity contribution < 1.29 is 18.3 Å². The Bertz CT molecular complexity index is 320. The lowest BCUT2D eigenvalue weighted by Gasteiger charge is -2.28. The monoisotopic (exact) mass is 306 g/mol. The summed E-state index contributed by atoms with van der Waals surface area (Å²) in [5, 5.41) is 6.01. The SMILES string of the molecule is CC(C)(C)OC(=O)NCCCCNC1CCC(F)(F)CC1. The second-order valence-corrected chi connectivity index (χ2v) is 6.72. The molecule has 1 fully saturated rings. The number of carbonyl (C=O) groups is 1. The van der Waals surface area contributed by atoms with Crippen LogP contribution in [0.3, 0.4) is 0 Å². The molecule has 0 radical (unpaired) electrons. The molecule has 1 aliphatic carbocycles. The molecule has 0 unspecified atom stereocenters. The summed E-state index contributed by atoms with van der Waals surface area (Å²) in [4.78, 5) is 11.4. The van der Waals surface area contributed by atoms with Crippen molar-refractivity contribution >= 4 is 6.09 Å². The van der Waals surface area contributed by atoms with Crippen LogP contribution in [-0.2, 0) is 4.74 Å². The zero-order valence-electron chi connectivity index (χ0n) is 13.3. The maximum atomic E-state index is 13.0. The summed E-state index contributed by atoms with van der Waals surface area (Å²) >= 11 is 0. The van der Waals surface area contributed by atoms with Gasteiger partial charge in [0.05, 0.1) is 0 Å². The lowest BCUT2D eigenvalue weighted by Crippen LogP contribution is -2.37. The van der Waals surface area contributed by atoms with Gasteiger partial charge in [0.2, 0.25) is 5.92 Å². The minimum atomic E-state index is -2.46. The number of hydrogen-bond acceptors (Lipinski definition) is 3. The second-order valence-electron chi connectivity index (χ2n) is 6.72. The summed E-state index contributed by atoms with van der Waals surface area (Å²) < 4.78 is 31.1. The zero-order valence-corrected chi connectivity index (χ0v) is 13.3. The van der Waals surface area contributed by atoms with Crippen LogP contribution in [-0.4, -0.2) is 36.7 Å². The van der Waals surface area contributed by atoms with Crippen LogP contribution in [0.15, 0.2) is 0 Å². The summed E-state index contributed by atoms with van der Waals surface area (Å²) in [5.41, 5.74) is -0.477. The van der Waals surface area contributed by atoms with Gasteiger partial charge < -0.3 is 15.4 Å². The Morgan fingerprint density at radius 3 is 2.33 bits per heavy atom. The molecule has 0 atom stereocenters. The Morgan fingerprint density at radius 2 is 1.76 bits per heavy atom. The van der Waals surface area contributed by atoms with Gasteiger partial charge in [-0.25, -0.2) is 13.6 Å². The summed E-state index contributed by atoms with van der Waals surface area (Å²) in [6, 6.07) is 0.212. The standard InChI is InChI=1S/C15H28F2N2O2/c1-14(2,3)21-13(20)19-11-5-4-10-18-12-6-8-15(16,17)9-7-12/h12,18H,4-11H2,1-3H3,(H,19,20). The van der Waals surface area contributed by atoms with Gasteiger partial charge in [0.1, 0.15) is 5.60 Å². The average molecular weight is 306 g/mol. The number of halogens is 2. The van der Waals surface area contributed by atoms with E-state index >= 15 is 0 Å². The van der Waals surface area contributed by atoms with Gasteiger partial charge in [0, 0.05) is 25.4 Å². The van der Waals surface area contributed by atoms with E-state index in [-0.39, 0.29) is 18.9 Å². The van der Waals surface area contributed by atoms with Gasteiger partial charge in [-0.2, -0.15) is 0 Å². The number of alkyl halides is 2. The summed E-state index contributed by atoms with van der Waals surface area (Å²) in [6.45, 7) is 6.84. The molecule has 0 spiro atoms. The van der Waals surface area contributed by atoms with Crippen molar-refractivity contribution in [3.8, 4) is 0 Å². The van der Waals surface area contributed by atoms with Crippen LogP contribution in [0.5, 0.6) is 0 Å². The smallest absolute Gasteiger partial charge is 0.407 e. The van der Waals surface area contributed by atoms with Crippen LogP contribution in [0.1, 0.15) is 59.3 Å². The predicted octanol–water partition coefficient (Wildman–Crippen LogP) is 3.46. The van der Waals surface area contributed by atoms with Gasteiger partial charge in [-0.05, 0) is 53.0 Å². The molecular weight excluding hydrogens is 278 g/mol. The Hall–Kier alpha value is -0.910. The lowest BCUT2D eigenvalue weighted by molar-refractivity contribution is -0.0403. The largest absolute Gasteiger partial charge is 0.444 e. The molecule has 6 heteroatoms. The van der Waals surface area contributed by atoms with Gasteiger partial charge in [-0.3, -0.25) is 0 Å². The second kappa shape index (κ2) is 7.92. The number of amides is 1. The van der Waals surface area contributed by atoms with E-state index in [1.165, 1.54) is 0 Å². The maximum absolute atomic E-state index is 13.0. The van der Waals surface area contributed by atoms with Gasteiger partial charge >= 0.3 is 6.09 Å². The number of unbranched alkanes of at least 4 members (excludes halogenated alkanes) is 1. The Labute approximate surface area is 126 Å². The van der Waals surface area contributed by atoms with Crippen LogP contribution >= 0.6 is 0 Å². The van der Waals surface area contributed by atoms with E-state index in [9.17, 15) is 13.6 Å². The highest BCUT2D eigenvalue weighted by Gasteiger charge is 2.34. The van der Waals surface area contributed by atoms with Crippen LogP contribution in [0, 0.1) is 0 Å². The number of hydrogen-bond donors (Lipinski definition) is 2. The van der Waals surface area contributed by atoms with E-state index in [1.807, 2.05) is 20.8 Å². The molecular formula is C15H28F2N2O2. The van der Waals surface area contributed by atoms with Gasteiger partial charge in [0.25, 0.3) is 0 Å². The third-order valence-corrected chi connectivity index (χ3v) is 3.42. The number of rotatable bonds is 6. The highest BCUT2D eigenvalue weighted by molar-refractivity contribution is 5.67. The first kappa shape index (κ1) is 18.1. The quantitative estimate of drug-likeness (QED) is 0.739. The highest BCUT2D eigenvalue weighted by atomic mass is 19.3. The number of ether oxygens (including phenoxy) is 1.